The molecule has 0 aromatic rings. The van der Waals surface area contributed by atoms with Gasteiger partial charge in [-0.05, 0) is 25.6 Å². The largest absolute Gasteiger partial charge is 0.429 e. The highest BCUT2D eigenvalue weighted by Gasteiger charge is 2.41. The van der Waals surface area contributed by atoms with Crippen LogP contribution in [0.4, 0.5) is 0 Å². The Morgan fingerprint density at radius 1 is 1.12 bits per heavy atom. The summed E-state index contributed by atoms with van der Waals surface area (Å²) in [4.78, 5) is 0. The second-order valence-electron chi connectivity index (χ2n) is 6.79. The van der Waals surface area contributed by atoms with Gasteiger partial charge in [0.15, 0.2) is 0 Å². The topological polar surface area (TPSA) is 9.23 Å². The van der Waals surface area contributed by atoms with Crippen molar-refractivity contribution in [2.24, 2.45) is 0 Å². The molecule has 0 aliphatic carbocycles. The van der Waals surface area contributed by atoms with E-state index in [4.69, 9.17) is 4.65 Å². The molecule has 2 fully saturated rings. The van der Waals surface area contributed by atoms with Crippen molar-refractivity contribution < 1.29 is 4.65 Å². The molecular formula is C14H27BOSi. The maximum Gasteiger partial charge on any atom is 0.321 e. The first kappa shape index (κ1) is 13.4. The highest BCUT2D eigenvalue weighted by molar-refractivity contribution is 6.96. The van der Waals surface area contributed by atoms with Crippen LogP contribution in [0.2, 0.25) is 25.5 Å². The molecule has 0 radical (unpaired) electrons. The van der Waals surface area contributed by atoms with Crippen molar-refractivity contribution in [3.63, 3.8) is 0 Å². The zero-order chi connectivity index (χ0) is 12.5. The molecule has 0 amide bonds. The maximum absolute atomic E-state index is 6.48. The zero-order valence-corrected chi connectivity index (χ0v) is 13.0. The van der Waals surface area contributed by atoms with E-state index >= 15 is 0 Å². The number of hydrogen-bond donors (Lipinski definition) is 0. The lowest BCUT2D eigenvalue weighted by Gasteiger charge is -2.30. The standard InChI is InChI=1S/C14H27BOSi/c1-5-14(17(2,3)4)15-12-8-6-10-13(16-15)11-7-9-12/h5,12-13H,6-11H2,1-4H3/b14-5+. The van der Waals surface area contributed by atoms with Gasteiger partial charge in [-0.25, -0.2) is 0 Å². The Morgan fingerprint density at radius 3 is 2.18 bits per heavy atom. The van der Waals surface area contributed by atoms with Gasteiger partial charge in [0.25, 0.3) is 0 Å². The summed E-state index contributed by atoms with van der Waals surface area (Å²) in [5.41, 5.74) is 0. The molecular weight excluding hydrogens is 223 g/mol. The minimum Gasteiger partial charge on any atom is -0.429 e. The van der Waals surface area contributed by atoms with E-state index in [1.54, 1.807) is 5.10 Å². The van der Waals surface area contributed by atoms with E-state index in [0.29, 0.717) is 13.0 Å². The van der Waals surface area contributed by atoms with E-state index in [9.17, 15) is 0 Å². The number of fused-ring (bicyclic) bond motifs is 3. The molecule has 0 N–H and O–H groups in total. The summed E-state index contributed by atoms with van der Waals surface area (Å²) in [6, 6.07) is 0. The summed E-state index contributed by atoms with van der Waals surface area (Å²) in [7, 11) is -1.22. The van der Waals surface area contributed by atoms with E-state index < -0.39 is 8.07 Å². The summed E-state index contributed by atoms with van der Waals surface area (Å²) in [6.45, 7) is 10.1. The average molecular weight is 250 g/mol. The Kier molecular flexibility index (Phi) is 4.19. The molecule has 0 aromatic heterocycles. The molecule has 1 nitrogen and oxygen atoms in total. The molecule has 0 unspecified atom stereocenters. The van der Waals surface area contributed by atoms with E-state index in [0.717, 1.165) is 5.82 Å². The minimum atomic E-state index is -1.22. The van der Waals surface area contributed by atoms with E-state index in [2.05, 4.69) is 32.6 Å². The Balaban J connectivity index is 2.24. The van der Waals surface area contributed by atoms with E-state index in [1.807, 2.05) is 0 Å². The summed E-state index contributed by atoms with van der Waals surface area (Å²) in [5.74, 6) is 0.806. The van der Waals surface area contributed by atoms with Crippen LogP contribution in [-0.2, 0) is 4.65 Å². The van der Waals surface area contributed by atoms with Gasteiger partial charge in [0, 0.05) is 6.10 Å². The van der Waals surface area contributed by atoms with Gasteiger partial charge in [0.05, 0.1) is 8.07 Å². The van der Waals surface area contributed by atoms with Crippen LogP contribution in [0.25, 0.3) is 0 Å². The van der Waals surface area contributed by atoms with E-state index in [-0.39, 0.29) is 0 Å². The third-order valence-electron chi connectivity index (χ3n) is 4.45. The lowest BCUT2D eigenvalue weighted by Crippen LogP contribution is -2.40. The van der Waals surface area contributed by atoms with Crippen molar-refractivity contribution in [2.45, 2.75) is 77.0 Å². The molecule has 2 saturated heterocycles. The minimum absolute atomic E-state index is 0.460. The molecule has 2 bridgehead atoms. The summed E-state index contributed by atoms with van der Waals surface area (Å²) in [5, 5.41) is 1.66. The van der Waals surface area contributed by atoms with Gasteiger partial charge in [-0.2, -0.15) is 0 Å². The van der Waals surface area contributed by atoms with Crippen molar-refractivity contribution in [2.75, 3.05) is 0 Å². The first-order chi connectivity index (χ1) is 8.02. The van der Waals surface area contributed by atoms with Crippen LogP contribution in [0.3, 0.4) is 0 Å². The molecule has 0 atom stereocenters. The Morgan fingerprint density at radius 2 is 1.71 bits per heavy atom. The predicted octanol–water partition coefficient (Wildman–Crippen LogP) is 4.46. The molecule has 2 rings (SSSR count). The van der Waals surface area contributed by atoms with Gasteiger partial charge in [-0.1, -0.05) is 56.5 Å². The molecule has 2 heterocycles. The SMILES string of the molecule is C/C=C(\B1OC2CCCC1CCC2)[Si](C)(C)C. The smallest absolute Gasteiger partial charge is 0.321 e. The average Bonchev–Trinajstić information content (AvgIpc) is 2.47. The molecule has 2 aliphatic rings. The van der Waals surface area contributed by atoms with Crippen LogP contribution < -0.4 is 0 Å². The third kappa shape index (κ3) is 3.05. The van der Waals surface area contributed by atoms with Crippen LogP contribution in [0.5, 0.6) is 0 Å². The van der Waals surface area contributed by atoms with Crippen molar-refractivity contribution in [1.29, 1.82) is 0 Å². The fourth-order valence-electron chi connectivity index (χ4n) is 3.61. The molecule has 3 heteroatoms. The van der Waals surface area contributed by atoms with Crippen molar-refractivity contribution >= 4 is 15.0 Å². The Bertz CT molecular complexity index is 285. The lowest BCUT2D eigenvalue weighted by atomic mass is 9.53. The fourth-order valence-corrected chi connectivity index (χ4v) is 5.64. The van der Waals surface area contributed by atoms with Gasteiger partial charge in [-0.15, -0.1) is 0 Å². The fraction of sp³-hybridized carbons (Fsp3) is 0.857. The summed E-state index contributed by atoms with van der Waals surface area (Å²) in [6.07, 6.45) is 11.1. The molecule has 17 heavy (non-hydrogen) atoms. The number of allylic oxidation sites excluding steroid dienone is 1. The van der Waals surface area contributed by atoms with Crippen molar-refractivity contribution in [3.05, 3.63) is 11.2 Å². The maximum atomic E-state index is 6.48. The van der Waals surface area contributed by atoms with Crippen molar-refractivity contribution in [1.82, 2.24) is 0 Å². The second-order valence-corrected chi connectivity index (χ2v) is 11.9. The Hall–Kier alpha value is -0.0182. The molecule has 2 aliphatic heterocycles. The molecule has 0 aromatic carbocycles. The second kappa shape index (κ2) is 5.31. The zero-order valence-electron chi connectivity index (χ0n) is 12.0. The lowest BCUT2D eigenvalue weighted by molar-refractivity contribution is 0.190. The highest BCUT2D eigenvalue weighted by Crippen LogP contribution is 2.40. The first-order valence-corrected chi connectivity index (χ1v) is 10.8. The van der Waals surface area contributed by atoms with Gasteiger partial charge >= 0.3 is 6.92 Å². The van der Waals surface area contributed by atoms with E-state index in [1.165, 1.54) is 38.5 Å². The van der Waals surface area contributed by atoms with Crippen LogP contribution in [-0.4, -0.2) is 21.1 Å². The number of hydrogen-bond acceptors (Lipinski definition) is 1. The summed E-state index contributed by atoms with van der Waals surface area (Å²) < 4.78 is 6.48. The molecule has 0 saturated carbocycles. The highest BCUT2D eigenvalue weighted by atomic mass is 28.3. The quantitative estimate of drug-likeness (QED) is 0.657. The van der Waals surface area contributed by atoms with Crippen LogP contribution in [0.1, 0.15) is 45.4 Å². The van der Waals surface area contributed by atoms with Crippen LogP contribution in [0, 0.1) is 0 Å². The predicted molar refractivity (Wildman–Crippen MR) is 79.2 cm³/mol. The monoisotopic (exact) mass is 250 g/mol. The molecule has 96 valence electrons. The van der Waals surface area contributed by atoms with Crippen LogP contribution >= 0.6 is 0 Å². The van der Waals surface area contributed by atoms with Crippen molar-refractivity contribution in [3.8, 4) is 0 Å². The van der Waals surface area contributed by atoms with Crippen LogP contribution in [0.15, 0.2) is 11.2 Å². The first-order valence-electron chi connectivity index (χ1n) is 7.34. The molecule has 0 spiro atoms. The van der Waals surface area contributed by atoms with Gasteiger partial charge in [0.2, 0.25) is 0 Å². The van der Waals surface area contributed by atoms with Gasteiger partial charge in [-0.3, -0.25) is 0 Å². The Labute approximate surface area is 108 Å². The van der Waals surface area contributed by atoms with Gasteiger partial charge in [0.1, 0.15) is 0 Å². The third-order valence-corrected chi connectivity index (χ3v) is 6.76. The summed E-state index contributed by atoms with van der Waals surface area (Å²) >= 11 is 0. The number of rotatable bonds is 2. The van der Waals surface area contributed by atoms with Gasteiger partial charge < -0.3 is 4.65 Å². The normalized spacial score (nSPS) is 31.3.